The van der Waals surface area contributed by atoms with E-state index in [9.17, 15) is 9.90 Å². The molecule has 20 heavy (non-hydrogen) atoms. The van der Waals surface area contributed by atoms with Crippen LogP contribution in [0.1, 0.15) is 69.3 Å². The lowest BCUT2D eigenvalue weighted by atomic mass is 9.75. The number of benzene rings is 1. The molecule has 2 heteroatoms. The molecule has 1 saturated carbocycles. The van der Waals surface area contributed by atoms with Crippen LogP contribution < -0.4 is 0 Å². The van der Waals surface area contributed by atoms with Gasteiger partial charge in [0.1, 0.15) is 5.60 Å². The highest BCUT2D eigenvalue weighted by Gasteiger charge is 2.39. The predicted octanol–water partition coefficient (Wildman–Crippen LogP) is 4.11. The van der Waals surface area contributed by atoms with Gasteiger partial charge in [-0.2, -0.15) is 0 Å². The number of aliphatic hydroxyl groups is 1. The highest BCUT2D eigenvalue weighted by atomic mass is 16.3. The van der Waals surface area contributed by atoms with Crippen molar-refractivity contribution in [3.8, 4) is 0 Å². The van der Waals surface area contributed by atoms with Gasteiger partial charge in [-0.05, 0) is 42.6 Å². The minimum absolute atomic E-state index is 0.0821. The zero-order valence-electron chi connectivity index (χ0n) is 13.1. The molecule has 2 nitrogen and oxygen atoms in total. The van der Waals surface area contributed by atoms with Crippen molar-refractivity contribution >= 4 is 5.78 Å². The van der Waals surface area contributed by atoms with Crippen molar-refractivity contribution < 1.29 is 9.90 Å². The molecule has 0 saturated heterocycles. The van der Waals surface area contributed by atoms with Crippen LogP contribution in [0.4, 0.5) is 0 Å². The molecule has 1 aliphatic rings. The van der Waals surface area contributed by atoms with E-state index in [1.807, 2.05) is 24.3 Å². The summed E-state index contributed by atoms with van der Waals surface area (Å²) in [5.41, 5.74) is 0.780. The highest BCUT2D eigenvalue weighted by Crippen LogP contribution is 2.34. The molecule has 2 rings (SSSR count). The van der Waals surface area contributed by atoms with Gasteiger partial charge >= 0.3 is 0 Å². The SMILES string of the molecule is CC1CCC(O)(C(=O)c2ccc(C(C)(C)C)cc2)CC1. The summed E-state index contributed by atoms with van der Waals surface area (Å²) in [5, 5.41) is 10.6. The lowest BCUT2D eigenvalue weighted by Gasteiger charge is -2.33. The van der Waals surface area contributed by atoms with Gasteiger partial charge in [0, 0.05) is 5.56 Å². The normalized spacial score (nSPS) is 27.4. The van der Waals surface area contributed by atoms with Gasteiger partial charge in [-0.1, -0.05) is 52.0 Å². The quantitative estimate of drug-likeness (QED) is 0.824. The fourth-order valence-corrected chi connectivity index (χ4v) is 2.86. The third-order valence-electron chi connectivity index (χ3n) is 4.54. The minimum atomic E-state index is -1.14. The minimum Gasteiger partial charge on any atom is -0.382 e. The van der Waals surface area contributed by atoms with Crippen molar-refractivity contribution in [1.29, 1.82) is 0 Å². The summed E-state index contributed by atoms with van der Waals surface area (Å²) in [6.07, 6.45) is 3.05. The van der Waals surface area contributed by atoms with Crippen LogP contribution in [0.25, 0.3) is 0 Å². The molecule has 0 spiro atoms. The molecular formula is C18H26O2. The number of Topliss-reactive ketones (excluding diaryl/α,β-unsaturated/α-hetero) is 1. The van der Waals surface area contributed by atoms with Crippen LogP contribution in [0.2, 0.25) is 0 Å². The van der Waals surface area contributed by atoms with Crippen molar-refractivity contribution in [2.75, 3.05) is 0 Å². The molecule has 0 radical (unpaired) electrons. The second-order valence-electron chi connectivity index (χ2n) is 7.37. The van der Waals surface area contributed by atoms with Gasteiger partial charge < -0.3 is 5.11 Å². The molecule has 0 amide bonds. The van der Waals surface area contributed by atoms with Crippen molar-refractivity contribution in [3.05, 3.63) is 35.4 Å². The molecule has 0 atom stereocenters. The van der Waals surface area contributed by atoms with E-state index in [-0.39, 0.29) is 11.2 Å². The summed E-state index contributed by atoms with van der Waals surface area (Å²) in [6.45, 7) is 8.64. The first-order valence-corrected chi connectivity index (χ1v) is 7.60. The molecule has 0 heterocycles. The Balaban J connectivity index is 2.17. The maximum absolute atomic E-state index is 12.5. The first-order chi connectivity index (χ1) is 9.22. The Morgan fingerprint density at radius 3 is 2.10 bits per heavy atom. The Kier molecular flexibility index (Phi) is 4.06. The summed E-state index contributed by atoms with van der Waals surface area (Å²) < 4.78 is 0. The van der Waals surface area contributed by atoms with Crippen LogP contribution in [0.15, 0.2) is 24.3 Å². The van der Waals surface area contributed by atoms with Crippen LogP contribution in [-0.4, -0.2) is 16.5 Å². The summed E-state index contributed by atoms with van der Waals surface area (Å²) in [5.74, 6) is 0.510. The molecule has 1 N–H and O–H groups in total. The third-order valence-corrected chi connectivity index (χ3v) is 4.54. The number of ketones is 1. The van der Waals surface area contributed by atoms with E-state index in [0.29, 0.717) is 24.3 Å². The van der Waals surface area contributed by atoms with Gasteiger partial charge in [-0.3, -0.25) is 4.79 Å². The average molecular weight is 274 g/mol. The Morgan fingerprint density at radius 2 is 1.65 bits per heavy atom. The first kappa shape index (κ1) is 15.2. The molecule has 0 aromatic heterocycles. The standard InChI is InChI=1S/C18H26O2/c1-13-9-11-18(20,12-10-13)16(19)14-5-7-15(8-6-14)17(2,3)4/h5-8,13,20H,9-12H2,1-4H3. The van der Waals surface area contributed by atoms with Crippen molar-refractivity contribution in [2.45, 2.75) is 64.4 Å². The summed E-state index contributed by atoms with van der Waals surface area (Å²) in [6, 6.07) is 7.72. The van der Waals surface area contributed by atoms with E-state index in [1.54, 1.807) is 0 Å². The predicted molar refractivity (Wildman–Crippen MR) is 82.1 cm³/mol. The van der Waals surface area contributed by atoms with Crippen LogP contribution in [-0.2, 0) is 5.41 Å². The first-order valence-electron chi connectivity index (χ1n) is 7.60. The van der Waals surface area contributed by atoms with Crippen LogP contribution in [0, 0.1) is 5.92 Å². The summed E-state index contributed by atoms with van der Waals surface area (Å²) in [7, 11) is 0. The van der Waals surface area contributed by atoms with Gasteiger partial charge in [0.05, 0.1) is 0 Å². The molecular weight excluding hydrogens is 248 g/mol. The van der Waals surface area contributed by atoms with E-state index in [1.165, 1.54) is 5.56 Å². The lowest BCUT2D eigenvalue weighted by molar-refractivity contribution is 0.00426. The lowest BCUT2D eigenvalue weighted by Crippen LogP contribution is -2.41. The highest BCUT2D eigenvalue weighted by molar-refractivity contribution is 6.02. The van der Waals surface area contributed by atoms with E-state index >= 15 is 0 Å². The molecule has 1 fully saturated rings. The number of hydrogen-bond donors (Lipinski definition) is 1. The molecule has 0 bridgehead atoms. The van der Waals surface area contributed by atoms with Crippen LogP contribution in [0.5, 0.6) is 0 Å². The zero-order valence-corrected chi connectivity index (χ0v) is 13.1. The second-order valence-corrected chi connectivity index (χ2v) is 7.37. The topological polar surface area (TPSA) is 37.3 Å². The molecule has 0 unspecified atom stereocenters. The van der Waals surface area contributed by atoms with Gasteiger partial charge in [0.25, 0.3) is 0 Å². The second kappa shape index (κ2) is 5.33. The number of rotatable bonds is 2. The molecule has 110 valence electrons. The zero-order chi connectivity index (χ0) is 15.0. The maximum Gasteiger partial charge on any atom is 0.194 e. The Hall–Kier alpha value is -1.15. The van der Waals surface area contributed by atoms with Crippen molar-refractivity contribution in [2.24, 2.45) is 5.92 Å². The number of carbonyl (C=O) groups excluding carboxylic acids is 1. The summed E-state index contributed by atoms with van der Waals surface area (Å²) >= 11 is 0. The van der Waals surface area contributed by atoms with E-state index < -0.39 is 5.60 Å². The van der Waals surface area contributed by atoms with Gasteiger partial charge in [0.2, 0.25) is 0 Å². The van der Waals surface area contributed by atoms with Crippen molar-refractivity contribution in [3.63, 3.8) is 0 Å². The van der Waals surface area contributed by atoms with Gasteiger partial charge in [-0.25, -0.2) is 0 Å². The Labute approximate surface area is 122 Å². The Morgan fingerprint density at radius 1 is 1.15 bits per heavy atom. The van der Waals surface area contributed by atoms with Crippen molar-refractivity contribution in [1.82, 2.24) is 0 Å². The van der Waals surface area contributed by atoms with E-state index in [0.717, 1.165) is 12.8 Å². The third kappa shape index (κ3) is 3.12. The number of carbonyl (C=O) groups is 1. The van der Waals surface area contributed by atoms with Gasteiger partial charge in [0.15, 0.2) is 5.78 Å². The van der Waals surface area contributed by atoms with Crippen LogP contribution in [0.3, 0.4) is 0 Å². The molecule has 1 aliphatic carbocycles. The number of hydrogen-bond acceptors (Lipinski definition) is 2. The largest absolute Gasteiger partial charge is 0.382 e. The fraction of sp³-hybridized carbons (Fsp3) is 0.611. The Bertz CT molecular complexity index is 471. The van der Waals surface area contributed by atoms with E-state index in [2.05, 4.69) is 27.7 Å². The van der Waals surface area contributed by atoms with Gasteiger partial charge in [-0.15, -0.1) is 0 Å². The summed E-state index contributed by atoms with van der Waals surface area (Å²) in [4.78, 5) is 12.5. The maximum atomic E-state index is 12.5. The monoisotopic (exact) mass is 274 g/mol. The van der Waals surface area contributed by atoms with E-state index in [4.69, 9.17) is 0 Å². The average Bonchev–Trinajstić information content (AvgIpc) is 2.41. The van der Waals surface area contributed by atoms with Crippen LogP contribution >= 0.6 is 0 Å². The molecule has 1 aromatic rings. The molecule has 0 aliphatic heterocycles. The molecule has 1 aromatic carbocycles. The smallest absolute Gasteiger partial charge is 0.194 e. The fourth-order valence-electron chi connectivity index (χ4n) is 2.86.